The SMILES string of the molecule is CC(C)CC1[C@@H]2[C@@H](C#C[C@@H](O)C3CCCCC3)[C@H](O)CC[C@]2(C)C12OCCO2. The molecule has 4 nitrogen and oxygen atoms in total. The smallest absolute Gasteiger partial charge is 0.177 e. The van der Waals surface area contributed by atoms with Crippen molar-refractivity contribution in [3.63, 3.8) is 0 Å². The third-order valence-electron chi connectivity index (χ3n) is 8.15. The Morgan fingerprint density at radius 1 is 1.07 bits per heavy atom. The van der Waals surface area contributed by atoms with Gasteiger partial charge in [0, 0.05) is 11.3 Å². The molecule has 0 amide bonds. The van der Waals surface area contributed by atoms with Crippen LogP contribution >= 0.6 is 0 Å². The lowest BCUT2D eigenvalue weighted by atomic mass is 9.41. The average molecular weight is 391 g/mol. The summed E-state index contributed by atoms with van der Waals surface area (Å²) in [6.07, 6.45) is 7.51. The van der Waals surface area contributed by atoms with E-state index in [1.54, 1.807) is 0 Å². The summed E-state index contributed by atoms with van der Waals surface area (Å²) in [7, 11) is 0. The van der Waals surface area contributed by atoms with Gasteiger partial charge in [0.2, 0.25) is 0 Å². The zero-order valence-electron chi connectivity index (χ0n) is 17.8. The first-order valence-electron chi connectivity index (χ1n) is 11.5. The Morgan fingerprint density at radius 2 is 1.75 bits per heavy atom. The normalized spacial score (nSPS) is 41.2. The fourth-order valence-corrected chi connectivity index (χ4v) is 6.81. The maximum atomic E-state index is 10.8. The second-order valence-electron chi connectivity index (χ2n) is 10.3. The Morgan fingerprint density at radius 3 is 2.39 bits per heavy atom. The molecule has 0 bridgehead atoms. The third kappa shape index (κ3) is 3.23. The molecule has 6 atom stereocenters. The van der Waals surface area contributed by atoms with Gasteiger partial charge in [-0.15, -0.1) is 0 Å². The molecule has 1 spiro atoms. The molecule has 0 aromatic rings. The van der Waals surface area contributed by atoms with Crippen molar-refractivity contribution in [1.29, 1.82) is 0 Å². The van der Waals surface area contributed by atoms with E-state index >= 15 is 0 Å². The van der Waals surface area contributed by atoms with Gasteiger partial charge in [0.1, 0.15) is 6.10 Å². The van der Waals surface area contributed by atoms with E-state index in [2.05, 4.69) is 32.6 Å². The van der Waals surface area contributed by atoms with Crippen molar-refractivity contribution in [1.82, 2.24) is 0 Å². The van der Waals surface area contributed by atoms with Crippen LogP contribution in [0.1, 0.15) is 72.1 Å². The van der Waals surface area contributed by atoms with Crippen molar-refractivity contribution < 1.29 is 19.7 Å². The summed E-state index contributed by atoms with van der Waals surface area (Å²) >= 11 is 0. The highest BCUT2D eigenvalue weighted by molar-refractivity contribution is 5.24. The highest BCUT2D eigenvalue weighted by atomic mass is 16.7. The van der Waals surface area contributed by atoms with Crippen LogP contribution in [0.15, 0.2) is 0 Å². The molecule has 4 heteroatoms. The third-order valence-corrected chi connectivity index (χ3v) is 8.15. The molecule has 1 heterocycles. The number of rotatable bonds is 3. The minimum absolute atomic E-state index is 0.0980. The highest BCUT2D eigenvalue weighted by Crippen LogP contribution is 2.70. The topological polar surface area (TPSA) is 58.9 Å². The first kappa shape index (κ1) is 20.7. The Labute approximate surface area is 170 Å². The van der Waals surface area contributed by atoms with Gasteiger partial charge in [-0.3, -0.25) is 0 Å². The van der Waals surface area contributed by atoms with Gasteiger partial charge in [0.05, 0.1) is 25.2 Å². The quantitative estimate of drug-likeness (QED) is 0.721. The maximum Gasteiger partial charge on any atom is 0.177 e. The number of hydrogen-bond donors (Lipinski definition) is 2. The van der Waals surface area contributed by atoms with Crippen molar-refractivity contribution >= 4 is 0 Å². The molecule has 3 saturated carbocycles. The van der Waals surface area contributed by atoms with E-state index in [1.165, 1.54) is 19.3 Å². The second kappa shape index (κ2) is 7.91. The average Bonchev–Trinajstić information content (AvgIpc) is 3.20. The van der Waals surface area contributed by atoms with Gasteiger partial charge in [-0.1, -0.05) is 51.9 Å². The molecule has 0 aromatic carbocycles. The minimum atomic E-state index is -0.558. The van der Waals surface area contributed by atoms with Gasteiger partial charge in [-0.2, -0.15) is 0 Å². The van der Waals surface area contributed by atoms with Crippen LogP contribution in [0, 0.1) is 46.8 Å². The summed E-state index contributed by atoms with van der Waals surface area (Å²) in [5.74, 6) is 7.32. The molecule has 4 rings (SSSR count). The lowest BCUT2D eigenvalue weighted by molar-refractivity contribution is -0.387. The predicted octanol–water partition coefficient (Wildman–Crippen LogP) is 3.74. The maximum absolute atomic E-state index is 10.8. The highest BCUT2D eigenvalue weighted by Gasteiger charge is 2.75. The van der Waals surface area contributed by atoms with Gasteiger partial charge in [-0.05, 0) is 49.9 Å². The van der Waals surface area contributed by atoms with Crippen molar-refractivity contribution in [2.24, 2.45) is 35.0 Å². The Bertz CT molecular complexity index is 608. The summed E-state index contributed by atoms with van der Waals surface area (Å²) < 4.78 is 12.5. The number of hydrogen-bond acceptors (Lipinski definition) is 4. The van der Waals surface area contributed by atoms with Crippen molar-refractivity contribution in [3.8, 4) is 11.8 Å². The molecule has 0 radical (unpaired) electrons. The Hall–Kier alpha value is -0.600. The van der Waals surface area contributed by atoms with Crippen LogP contribution in [0.4, 0.5) is 0 Å². The van der Waals surface area contributed by atoms with Gasteiger partial charge < -0.3 is 19.7 Å². The van der Waals surface area contributed by atoms with Crippen LogP contribution in [-0.4, -0.2) is 41.4 Å². The summed E-state index contributed by atoms with van der Waals surface area (Å²) in [4.78, 5) is 0. The largest absolute Gasteiger partial charge is 0.392 e. The lowest BCUT2D eigenvalue weighted by Gasteiger charge is -2.69. The fraction of sp³-hybridized carbons (Fsp3) is 0.917. The molecule has 4 aliphatic rings. The first-order valence-corrected chi connectivity index (χ1v) is 11.5. The van der Waals surface area contributed by atoms with E-state index in [-0.39, 0.29) is 23.2 Å². The fourth-order valence-electron chi connectivity index (χ4n) is 6.81. The Kier molecular flexibility index (Phi) is 5.84. The molecular weight excluding hydrogens is 352 g/mol. The molecule has 4 fully saturated rings. The molecule has 1 aliphatic heterocycles. The first-order chi connectivity index (χ1) is 13.4. The summed E-state index contributed by atoms with van der Waals surface area (Å²) in [5, 5.41) is 21.5. The van der Waals surface area contributed by atoms with Crippen LogP contribution in [0.3, 0.4) is 0 Å². The standard InChI is InChI=1S/C24H38O4/c1-16(2)15-19-22-18(9-10-20(25)17-7-5-4-6-8-17)21(26)11-12-23(22,3)24(19)27-13-14-28-24/h16-22,25-26H,4-8,11-15H2,1-3H3/t18-,19?,20+,21+,22-,23-/m0/s1. The van der Waals surface area contributed by atoms with Crippen LogP contribution in [0.25, 0.3) is 0 Å². The van der Waals surface area contributed by atoms with Crippen LogP contribution in [-0.2, 0) is 9.47 Å². The summed E-state index contributed by atoms with van der Waals surface area (Å²) in [6.45, 7) is 8.08. The second-order valence-corrected chi connectivity index (χ2v) is 10.3. The van der Waals surface area contributed by atoms with Gasteiger partial charge in [-0.25, -0.2) is 0 Å². The van der Waals surface area contributed by atoms with Crippen LogP contribution in [0.5, 0.6) is 0 Å². The summed E-state index contributed by atoms with van der Waals surface area (Å²) in [5.41, 5.74) is -0.0998. The monoisotopic (exact) mass is 390 g/mol. The minimum Gasteiger partial charge on any atom is -0.392 e. The predicted molar refractivity (Wildman–Crippen MR) is 108 cm³/mol. The molecule has 28 heavy (non-hydrogen) atoms. The number of ether oxygens (including phenoxy) is 2. The van der Waals surface area contributed by atoms with E-state index < -0.39 is 18.0 Å². The molecule has 158 valence electrons. The lowest BCUT2D eigenvalue weighted by Crippen LogP contribution is -2.74. The molecule has 0 aromatic heterocycles. The van der Waals surface area contributed by atoms with E-state index in [0.29, 0.717) is 25.0 Å². The van der Waals surface area contributed by atoms with Crippen molar-refractivity contribution in [2.45, 2.75) is 90.1 Å². The van der Waals surface area contributed by atoms with Gasteiger partial charge in [0.25, 0.3) is 0 Å². The zero-order chi connectivity index (χ0) is 19.9. The molecule has 2 N–H and O–H groups in total. The number of aliphatic hydroxyl groups is 2. The molecule has 1 saturated heterocycles. The number of fused-ring (bicyclic) bond motifs is 2. The zero-order valence-corrected chi connectivity index (χ0v) is 17.8. The summed E-state index contributed by atoms with van der Waals surface area (Å²) in [6, 6.07) is 0. The Balaban J connectivity index is 1.58. The van der Waals surface area contributed by atoms with E-state index in [4.69, 9.17) is 9.47 Å². The van der Waals surface area contributed by atoms with E-state index in [0.717, 1.165) is 32.1 Å². The van der Waals surface area contributed by atoms with E-state index in [9.17, 15) is 10.2 Å². The van der Waals surface area contributed by atoms with Crippen molar-refractivity contribution in [2.75, 3.05) is 13.2 Å². The molecule has 3 aliphatic carbocycles. The van der Waals surface area contributed by atoms with E-state index in [1.807, 2.05) is 0 Å². The molecule has 1 unspecified atom stereocenters. The van der Waals surface area contributed by atoms with Crippen molar-refractivity contribution in [3.05, 3.63) is 0 Å². The van der Waals surface area contributed by atoms with Crippen LogP contribution < -0.4 is 0 Å². The molecular formula is C24H38O4. The van der Waals surface area contributed by atoms with Gasteiger partial charge in [0.15, 0.2) is 5.79 Å². The van der Waals surface area contributed by atoms with Crippen LogP contribution in [0.2, 0.25) is 0 Å². The number of aliphatic hydroxyl groups excluding tert-OH is 2. The van der Waals surface area contributed by atoms with Gasteiger partial charge >= 0.3 is 0 Å².